The normalized spacial score (nSPS) is 21.3. The van der Waals surface area contributed by atoms with Crippen LogP contribution in [-0.2, 0) is 19.0 Å². The highest BCUT2D eigenvalue weighted by molar-refractivity contribution is 5.88. The fourth-order valence-electron chi connectivity index (χ4n) is 2.14. The van der Waals surface area contributed by atoms with Crippen molar-refractivity contribution in [3.8, 4) is 11.5 Å². The van der Waals surface area contributed by atoms with E-state index in [1.165, 1.54) is 7.11 Å². The summed E-state index contributed by atoms with van der Waals surface area (Å²) < 4.78 is 26.7. The molecule has 23 heavy (non-hydrogen) atoms. The van der Waals surface area contributed by atoms with E-state index in [1.807, 2.05) is 0 Å². The summed E-state index contributed by atoms with van der Waals surface area (Å²) in [6.07, 6.45) is -0.605. The van der Waals surface area contributed by atoms with Crippen LogP contribution in [0.1, 0.15) is 13.8 Å². The summed E-state index contributed by atoms with van der Waals surface area (Å²) >= 11 is 0. The molecule has 1 fully saturated rings. The van der Waals surface area contributed by atoms with E-state index in [-0.39, 0.29) is 18.1 Å². The van der Waals surface area contributed by atoms with Crippen molar-refractivity contribution in [1.82, 2.24) is 0 Å². The lowest BCUT2D eigenvalue weighted by atomic mass is 10.2. The molecule has 1 aromatic carbocycles. The second-order valence-corrected chi connectivity index (χ2v) is 5.36. The van der Waals surface area contributed by atoms with Gasteiger partial charge in [-0.15, -0.1) is 0 Å². The van der Waals surface area contributed by atoms with E-state index >= 15 is 0 Å². The second-order valence-electron chi connectivity index (χ2n) is 5.36. The van der Waals surface area contributed by atoms with Crippen molar-refractivity contribution in [3.63, 3.8) is 0 Å². The molecular weight excluding hydrogens is 302 g/mol. The van der Waals surface area contributed by atoms with E-state index in [0.717, 1.165) is 5.75 Å². The first-order chi connectivity index (χ1) is 10.9. The number of hydrogen-bond acceptors (Lipinski definition) is 7. The van der Waals surface area contributed by atoms with Gasteiger partial charge in [0.25, 0.3) is 0 Å². The lowest BCUT2D eigenvalue weighted by Gasteiger charge is -2.16. The third-order valence-corrected chi connectivity index (χ3v) is 3.21. The van der Waals surface area contributed by atoms with Crippen molar-refractivity contribution >= 4 is 5.97 Å². The van der Waals surface area contributed by atoms with Crippen LogP contribution < -0.4 is 15.2 Å². The summed E-state index contributed by atoms with van der Waals surface area (Å²) in [7, 11) is 2.84. The van der Waals surface area contributed by atoms with Crippen LogP contribution in [0.5, 0.6) is 11.5 Å². The molecule has 0 spiro atoms. The van der Waals surface area contributed by atoms with Crippen molar-refractivity contribution in [2.45, 2.75) is 25.7 Å². The summed E-state index contributed by atoms with van der Waals surface area (Å²) in [5, 5.41) is 0. The minimum atomic E-state index is -0.901. The molecule has 126 valence electrons. The molecule has 7 heteroatoms. The molecular formula is C16H21NO6. The van der Waals surface area contributed by atoms with Gasteiger partial charge >= 0.3 is 5.97 Å². The molecule has 0 bridgehead atoms. The van der Waals surface area contributed by atoms with Gasteiger partial charge in [0.05, 0.1) is 14.2 Å². The molecule has 1 atom stereocenters. The van der Waals surface area contributed by atoms with E-state index in [0.29, 0.717) is 5.75 Å². The lowest BCUT2D eigenvalue weighted by molar-refractivity contribution is -0.139. The Morgan fingerprint density at radius 1 is 1.22 bits per heavy atom. The molecule has 1 aromatic rings. The van der Waals surface area contributed by atoms with E-state index < -0.39 is 17.9 Å². The van der Waals surface area contributed by atoms with Crippen LogP contribution in [-0.4, -0.2) is 38.7 Å². The predicted octanol–water partition coefficient (Wildman–Crippen LogP) is 1.57. The molecule has 0 aliphatic carbocycles. The lowest BCUT2D eigenvalue weighted by Crippen LogP contribution is -2.26. The highest BCUT2D eigenvalue weighted by Crippen LogP contribution is 2.32. The molecule has 0 saturated carbocycles. The Labute approximate surface area is 134 Å². The van der Waals surface area contributed by atoms with Gasteiger partial charge in [0.2, 0.25) is 5.79 Å². The van der Waals surface area contributed by atoms with Gasteiger partial charge in [-0.3, -0.25) is 0 Å². The summed E-state index contributed by atoms with van der Waals surface area (Å²) in [5.41, 5.74) is 5.66. The minimum Gasteiger partial charge on any atom is -0.497 e. The number of methoxy groups -OCH3 is 2. The van der Waals surface area contributed by atoms with Crippen LogP contribution in [0.2, 0.25) is 0 Å². The number of benzene rings is 1. The van der Waals surface area contributed by atoms with Crippen molar-refractivity contribution in [3.05, 3.63) is 35.7 Å². The molecule has 2 N–H and O–H groups in total. The predicted molar refractivity (Wildman–Crippen MR) is 81.8 cm³/mol. The molecule has 0 aromatic heterocycles. The fraction of sp³-hybridized carbons (Fsp3) is 0.438. The zero-order chi connectivity index (χ0) is 17.0. The van der Waals surface area contributed by atoms with Crippen LogP contribution >= 0.6 is 0 Å². The molecule has 1 aliphatic heterocycles. The van der Waals surface area contributed by atoms with Crippen molar-refractivity contribution in [2.24, 2.45) is 5.73 Å². The number of nitrogens with two attached hydrogens (primary N) is 1. The summed E-state index contributed by atoms with van der Waals surface area (Å²) in [6.45, 7) is 3.60. The van der Waals surface area contributed by atoms with E-state index in [1.54, 1.807) is 45.2 Å². The zero-order valence-corrected chi connectivity index (χ0v) is 13.6. The van der Waals surface area contributed by atoms with Crippen molar-refractivity contribution in [1.29, 1.82) is 0 Å². The van der Waals surface area contributed by atoms with Gasteiger partial charge in [0.15, 0.2) is 17.6 Å². The first-order valence-corrected chi connectivity index (χ1v) is 7.08. The third-order valence-electron chi connectivity index (χ3n) is 3.21. The van der Waals surface area contributed by atoms with Crippen LogP contribution in [0, 0.1) is 0 Å². The van der Waals surface area contributed by atoms with Gasteiger partial charge in [-0.2, -0.15) is 0 Å². The van der Waals surface area contributed by atoms with E-state index in [2.05, 4.69) is 4.74 Å². The van der Waals surface area contributed by atoms with E-state index in [4.69, 9.17) is 24.7 Å². The number of carbonyl (C=O) groups excluding carboxylic acids is 1. The monoisotopic (exact) mass is 323 g/mol. The third kappa shape index (κ3) is 4.07. The van der Waals surface area contributed by atoms with Gasteiger partial charge in [-0.05, 0) is 24.3 Å². The van der Waals surface area contributed by atoms with Crippen LogP contribution in [0.4, 0.5) is 0 Å². The van der Waals surface area contributed by atoms with Crippen LogP contribution in [0.25, 0.3) is 0 Å². The van der Waals surface area contributed by atoms with Crippen LogP contribution in [0.3, 0.4) is 0 Å². The molecule has 0 radical (unpaired) electrons. The van der Waals surface area contributed by atoms with Crippen molar-refractivity contribution < 1.29 is 28.5 Å². The maximum absolute atomic E-state index is 11.6. The Morgan fingerprint density at radius 3 is 2.39 bits per heavy atom. The second kappa shape index (κ2) is 6.78. The quantitative estimate of drug-likeness (QED) is 0.650. The molecule has 1 aliphatic rings. The first-order valence-electron chi connectivity index (χ1n) is 7.08. The highest BCUT2D eigenvalue weighted by atomic mass is 16.8. The van der Waals surface area contributed by atoms with Gasteiger partial charge in [0.1, 0.15) is 18.1 Å². The molecule has 1 saturated heterocycles. The smallest absolute Gasteiger partial charge is 0.357 e. The fourth-order valence-corrected chi connectivity index (χ4v) is 2.14. The number of esters is 1. The average Bonchev–Trinajstić information content (AvgIpc) is 2.86. The number of rotatable bonds is 5. The Hall–Kier alpha value is -2.41. The zero-order valence-electron chi connectivity index (χ0n) is 13.6. The number of carbonyl (C=O) groups is 1. The molecule has 7 nitrogen and oxygen atoms in total. The van der Waals surface area contributed by atoms with Crippen molar-refractivity contribution in [2.75, 3.05) is 20.8 Å². The molecule has 1 heterocycles. The van der Waals surface area contributed by atoms with Gasteiger partial charge in [-0.1, -0.05) is 0 Å². The van der Waals surface area contributed by atoms with E-state index in [9.17, 15) is 4.79 Å². The summed E-state index contributed by atoms with van der Waals surface area (Å²) in [4.78, 5) is 11.6. The Kier molecular flexibility index (Phi) is 5.00. The first kappa shape index (κ1) is 17.0. The largest absolute Gasteiger partial charge is 0.497 e. The Morgan fingerprint density at radius 2 is 1.83 bits per heavy atom. The number of ether oxygens (including phenoxy) is 5. The Balaban J connectivity index is 2.10. The topological polar surface area (TPSA) is 89.2 Å². The minimum absolute atomic E-state index is 0.124. The maximum Gasteiger partial charge on any atom is 0.357 e. The maximum atomic E-state index is 11.6. The SMILES string of the molecule is COC(=O)/C(N)=C1/OC(C)(C)O[C@@H]1COc1ccc(OC)cc1. The average molecular weight is 323 g/mol. The van der Waals surface area contributed by atoms with Gasteiger partial charge < -0.3 is 29.4 Å². The molecule has 2 rings (SSSR count). The summed E-state index contributed by atoms with van der Waals surface area (Å²) in [5.74, 6) is 0.0118. The summed E-state index contributed by atoms with van der Waals surface area (Å²) in [6, 6.07) is 7.11. The molecule has 0 amide bonds. The molecule has 0 unspecified atom stereocenters. The van der Waals surface area contributed by atoms with Crippen LogP contribution in [0.15, 0.2) is 35.7 Å². The Bertz CT molecular complexity index is 593. The number of hydrogen-bond donors (Lipinski definition) is 1. The highest BCUT2D eigenvalue weighted by Gasteiger charge is 2.41. The van der Waals surface area contributed by atoms with Gasteiger partial charge in [-0.25, -0.2) is 4.79 Å². The standard InChI is InChI=1S/C16H21NO6/c1-16(2)22-12(14(23-16)13(17)15(18)20-4)9-21-11-7-5-10(19-3)6-8-11/h5-8,12H,9,17H2,1-4H3/b14-13-/t12-/m1/s1. The van der Waals surface area contributed by atoms with Gasteiger partial charge in [0, 0.05) is 13.8 Å².